The van der Waals surface area contributed by atoms with Crippen molar-refractivity contribution in [3.63, 3.8) is 0 Å². The highest BCUT2D eigenvalue weighted by Crippen LogP contribution is 2.34. The number of likely N-dealkylation sites (tertiary alicyclic amines) is 1. The number of hydrogen-bond donors (Lipinski definition) is 0. The summed E-state index contributed by atoms with van der Waals surface area (Å²) in [5, 5.41) is 0. The predicted molar refractivity (Wildman–Crippen MR) is 96.8 cm³/mol. The Morgan fingerprint density at radius 1 is 1.15 bits per heavy atom. The van der Waals surface area contributed by atoms with E-state index in [0.29, 0.717) is 52.1 Å². The summed E-state index contributed by atoms with van der Waals surface area (Å²) in [5.74, 6) is -0.625. The van der Waals surface area contributed by atoms with Gasteiger partial charge in [-0.25, -0.2) is 0 Å². The maximum atomic E-state index is 12.9. The molecule has 6 heteroatoms. The Balaban J connectivity index is 1.41. The number of carbonyl (C=O) groups excluding carboxylic acids is 2. The third-order valence-electron chi connectivity index (χ3n) is 5.77. The van der Waals surface area contributed by atoms with E-state index in [-0.39, 0.29) is 17.7 Å². The number of amides is 2. The molecule has 1 aromatic rings. The molecule has 2 amide bonds. The molecule has 0 radical (unpaired) electrons. The van der Waals surface area contributed by atoms with Crippen molar-refractivity contribution in [2.45, 2.75) is 38.9 Å². The van der Waals surface area contributed by atoms with E-state index < -0.39 is 5.79 Å². The summed E-state index contributed by atoms with van der Waals surface area (Å²) < 4.78 is 11.5. The SMILES string of the molecule is Cc1ccc(N2CC(C(=O)N3CCC4(CC3)OCCO4)CC2=O)c(C)c1. The molecule has 0 N–H and O–H groups in total. The van der Waals surface area contributed by atoms with Gasteiger partial charge in [0.1, 0.15) is 0 Å². The van der Waals surface area contributed by atoms with Gasteiger partial charge in [-0.15, -0.1) is 0 Å². The first kappa shape index (κ1) is 17.5. The molecule has 3 aliphatic rings. The smallest absolute Gasteiger partial charge is 0.228 e. The minimum atomic E-state index is -0.479. The van der Waals surface area contributed by atoms with Crippen molar-refractivity contribution in [1.82, 2.24) is 4.90 Å². The maximum Gasteiger partial charge on any atom is 0.228 e. The zero-order valence-electron chi connectivity index (χ0n) is 15.5. The first-order chi connectivity index (χ1) is 12.5. The highest BCUT2D eigenvalue weighted by atomic mass is 16.7. The van der Waals surface area contributed by atoms with Crippen LogP contribution >= 0.6 is 0 Å². The molecule has 3 heterocycles. The second-order valence-corrected chi connectivity index (χ2v) is 7.63. The molecule has 0 bridgehead atoms. The average Bonchev–Trinajstić information content (AvgIpc) is 3.22. The zero-order chi connectivity index (χ0) is 18.3. The van der Waals surface area contributed by atoms with Gasteiger partial charge < -0.3 is 19.3 Å². The van der Waals surface area contributed by atoms with Gasteiger partial charge in [0.2, 0.25) is 11.8 Å². The van der Waals surface area contributed by atoms with Gasteiger partial charge in [-0.1, -0.05) is 17.7 Å². The lowest BCUT2D eigenvalue weighted by atomic mass is 10.0. The third kappa shape index (κ3) is 3.12. The molecule has 1 unspecified atom stereocenters. The molecule has 140 valence electrons. The van der Waals surface area contributed by atoms with E-state index in [2.05, 4.69) is 6.07 Å². The van der Waals surface area contributed by atoms with Crippen molar-refractivity contribution < 1.29 is 19.1 Å². The minimum absolute atomic E-state index is 0.0336. The van der Waals surface area contributed by atoms with Gasteiger partial charge in [0.15, 0.2) is 5.79 Å². The van der Waals surface area contributed by atoms with Gasteiger partial charge in [0, 0.05) is 44.6 Å². The number of piperidine rings is 1. The average molecular weight is 358 g/mol. The molecule has 1 aromatic carbocycles. The van der Waals surface area contributed by atoms with E-state index in [1.165, 1.54) is 5.56 Å². The van der Waals surface area contributed by atoms with E-state index >= 15 is 0 Å². The Bertz CT molecular complexity index is 717. The van der Waals surface area contributed by atoms with Gasteiger partial charge >= 0.3 is 0 Å². The highest BCUT2D eigenvalue weighted by Gasteiger charge is 2.43. The fraction of sp³-hybridized carbons (Fsp3) is 0.600. The Morgan fingerprint density at radius 3 is 2.50 bits per heavy atom. The summed E-state index contributed by atoms with van der Waals surface area (Å²) in [6.45, 7) is 7.05. The molecule has 1 spiro atoms. The number of carbonyl (C=O) groups is 2. The lowest BCUT2D eigenvalue weighted by Crippen LogP contribution is -2.49. The zero-order valence-corrected chi connectivity index (χ0v) is 15.5. The number of ether oxygens (including phenoxy) is 2. The van der Waals surface area contributed by atoms with Crippen molar-refractivity contribution in [1.29, 1.82) is 0 Å². The molecular weight excluding hydrogens is 332 g/mol. The molecule has 1 atom stereocenters. The van der Waals surface area contributed by atoms with E-state index in [1.807, 2.05) is 30.9 Å². The monoisotopic (exact) mass is 358 g/mol. The molecule has 4 rings (SSSR count). The van der Waals surface area contributed by atoms with Gasteiger partial charge in [0.05, 0.1) is 19.1 Å². The van der Waals surface area contributed by atoms with Crippen LogP contribution in [0, 0.1) is 19.8 Å². The maximum absolute atomic E-state index is 12.9. The van der Waals surface area contributed by atoms with Gasteiger partial charge in [-0.05, 0) is 25.5 Å². The fourth-order valence-corrected chi connectivity index (χ4v) is 4.33. The molecule has 26 heavy (non-hydrogen) atoms. The topological polar surface area (TPSA) is 59.1 Å². The Morgan fingerprint density at radius 2 is 1.85 bits per heavy atom. The third-order valence-corrected chi connectivity index (χ3v) is 5.77. The van der Waals surface area contributed by atoms with Crippen LogP contribution in [0.2, 0.25) is 0 Å². The molecule has 3 fully saturated rings. The van der Waals surface area contributed by atoms with E-state index in [0.717, 1.165) is 11.3 Å². The van der Waals surface area contributed by atoms with Gasteiger partial charge in [0.25, 0.3) is 0 Å². The summed E-state index contributed by atoms with van der Waals surface area (Å²) in [5.41, 5.74) is 3.16. The van der Waals surface area contributed by atoms with E-state index in [4.69, 9.17) is 9.47 Å². The standard InChI is InChI=1S/C20H26N2O4/c1-14-3-4-17(15(2)11-14)22-13-16(12-18(22)23)19(24)21-7-5-20(6-8-21)25-9-10-26-20/h3-4,11,16H,5-10,12-13H2,1-2H3. The molecule has 0 saturated carbocycles. The van der Waals surface area contributed by atoms with Crippen molar-refractivity contribution in [3.8, 4) is 0 Å². The van der Waals surface area contributed by atoms with Crippen molar-refractivity contribution in [2.24, 2.45) is 5.92 Å². The number of anilines is 1. The van der Waals surface area contributed by atoms with Crippen LogP contribution in [0.1, 0.15) is 30.4 Å². The van der Waals surface area contributed by atoms with Crippen LogP contribution in [0.4, 0.5) is 5.69 Å². The summed E-state index contributed by atoms with van der Waals surface area (Å²) >= 11 is 0. The molecule has 3 aliphatic heterocycles. The van der Waals surface area contributed by atoms with Crippen molar-refractivity contribution in [2.75, 3.05) is 37.7 Å². The number of rotatable bonds is 2. The van der Waals surface area contributed by atoms with Crippen LogP contribution in [0.5, 0.6) is 0 Å². The van der Waals surface area contributed by atoms with Crippen LogP contribution < -0.4 is 4.90 Å². The highest BCUT2D eigenvalue weighted by molar-refractivity contribution is 6.00. The van der Waals surface area contributed by atoms with Crippen molar-refractivity contribution in [3.05, 3.63) is 29.3 Å². The number of aryl methyl sites for hydroxylation is 2. The normalized spacial score (nSPS) is 25.3. The number of benzene rings is 1. The Labute approximate surface area is 154 Å². The molecule has 6 nitrogen and oxygen atoms in total. The summed E-state index contributed by atoms with van der Waals surface area (Å²) in [6.07, 6.45) is 1.71. The predicted octanol–water partition coefficient (Wildman–Crippen LogP) is 2.02. The molecule has 0 aromatic heterocycles. The quantitative estimate of drug-likeness (QED) is 0.812. The van der Waals surface area contributed by atoms with Crippen molar-refractivity contribution >= 4 is 17.5 Å². The Hall–Kier alpha value is -1.92. The number of nitrogens with zero attached hydrogens (tertiary/aromatic N) is 2. The lowest BCUT2D eigenvalue weighted by Gasteiger charge is -2.38. The molecule has 0 aliphatic carbocycles. The largest absolute Gasteiger partial charge is 0.347 e. The fourth-order valence-electron chi connectivity index (χ4n) is 4.33. The summed E-state index contributed by atoms with van der Waals surface area (Å²) in [7, 11) is 0. The minimum Gasteiger partial charge on any atom is -0.347 e. The molecular formula is C20H26N2O4. The second-order valence-electron chi connectivity index (χ2n) is 7.63. The van der Waals surface area contributed by atoms with Crippen LogP contribution in [0.15, 0.2) is 18.2 Å². The van der Waals surface area contributed by atoms with Crippen LogP contribution in [0.25, 0.3) is 0 Å². The van der Waals surface area contributed by atoms with Gasteiger partial charge in [-0.3, -0.25) is 9.59 Å². The lowest BCUT2D eigenvalue weighted by molar-refractivity contribution is -0.188. The van der Waals surface area contributed by atoms with Gasteiger partial charge in [-0.2, -0.15) is 0 Å². The second kappa shape index (κ2) is 6.67. The van der Waals surface area contributed by atoms with E-state index in [1.54, 1.807) is 4.90 Å². The first-order valence-corrected chi connectivity index (χ1v) is 9.42. The van der Waals surface area contributed by atoms with Crippen LogP contribution in [-0.4, -0.2) is 55.3 Å². The number of hydrogen-bond acceptors (Lipinski definition) is 4. The summed E-state index contributed by atoms with van der Waals surface area (Å²) in [4.78, 5) is 29.1. The molecule has 3 saturated heterocycles. The Kier molecular flexibility index (Phi) is 4.49. The van der Waals surface area contributed by atoms with E-state index in [9.17, 15) is 9.59 Å². The first-order valence-electron chi connectivity index (χ1n) is 9.42. The summed E-state index contributed by atoms with van der Waals surface area (Å²) in [6, 6.07) is 6.06. The van der Waals surface area contributed by atoms with Crippen LogP contribution in [0.3, 0.4) is 0 Å². The van der Waals surface area contributed by atoms with Crippen LogP contribution in [-0.2, 0) is 19.1 Å².